The minimum absolute atomic E-state index is 0.0294. The second-order valence-electron chi connectivity index (χ2n) is 6.66. The molecule has 0 aromatic heterocycles. The number of ketones is 1. The largest absolute Gasteiger partial charge is 0.497 e. The van der Waals surface area contributed by atoms with Crippen LogP contribution in [0.2, 0.25) is 0 Å². The number of aliphatic imine (C=N–C) groups is 1. The second kappa shape index (κ2) is 6.39. The molecule has 2 aliphatic rings. The van der Waals surface area contributed by atoms with Crippen molar-refractivity contribution in [3.8, 4) is 5.75 Å². The third kappa shape index (κ3) is 2.60. The Kier molecular flexibility index (Phi) is 3.87. The summed E-state index contributed by atoms with van der Waals surface area (Å²) in [7, 11) is 1.66. The number of rotatable bonds is 2. The maximum atomic E-state index is 13.3. The molecule has 1 aliphatic carbocycles. The van der Waals surface area contributed by atoms with Crippen LogP contribution in [-0.2, 0) is 0 Å². The normalized spacial score (nSPS) is 20.2. The molecule has 0 saturated carbocycles. The molecular formula is C23H17NO2S. The van der Waals surface area contributed by atoms with E-state index in [-0.39, 0.29) is 17.0 Å². The van der Waals surface area contributed by atoms with Gasteiger partial charge in [-0.3, -0.25) is 9.79 Å². The molecule has 0 amide bonds. The van der Waals surface area contributed by atoms with Gasteiger partial charge in [0.05, 0.1) is 29.7 Å². The first kappa shape index (κ1) is 16.3. The van der Waals surface area contributed by atoms with E-state index in [1.807, 2.05) is 54.6 Å². The van der Waals surface area contributed by atoms with Crippen molar-refractivity contribution < 1.29 is 9.53 Å². The van der Waals surface area contributed by atoms with E-state index >= 15 is 0 Å². The lowest BCUT2D eigenvalue weighted by Crippen LogP contribution is -2.21. The Morgan fingerprint density at radius 3 is 2.37 bits per heavy atom. The number of ether oxygens (including phenoxy) is 1. The van der Waals surface area contributed by atoms with Crippen LogP contribution in [0.15, 0.2) is 82.7 Å². The fourth-order valence-corrected chi connectivity index (χ4v) is 5.18. The van der Waals surface area contributed by atoms with Gasteiger partial charge in [-0.25, -0.2) is 0 Å². The molecule has 4 heteroatoms. The van der Waals surface area contributed by atoms with Gasteiger partial charge in [-0.1, -0.05) is 48.5 Å². The number of Topliss-reactive ketones (excluding diaryl/α,β-unsaturated/α-hetero) is 1. The number of nitrogens with zero attached hydrogens (tertiary/aromatic N) is 1. The molecular weight excluding hydrogens is 354 g/mol. The lowest BCUT2D eigenvalue weighted by molar-refractivity contribution is 0.0960. The van der Waals surface area contributed by atoms with E-state index in [4.69, 9.17) is 9.73 Å². The lowest BCUT2D eigenvalue weighted by atomic mass is 9.93. The first-order chi connectivity index (χ1) is 13.3. The van der Waals surface area contributed by atoms with Crippen LogP contribution in [-0.4, -0.2) is 18.6 Å². The summed E-state index contributed by atoms with van der Waals surface area (Å²) in [6.07, 6.45) is 0. The third-order valence-electron chi connectivity index (χ3n) is 5.15. The Balaban J connectivity index is 1.71. The summed E-state index contributed by atoms with van der Waals surface area (Å²) in [5.41, 5.74) is 4.66. The predicted octanol–water partition coefficient (Wildman–Crippen LogP) is 5.48. The Bertz CT molecular complexity index is 1070. The van der Waals surface area contributed by atoms with Crippen LogP contribution >= 0.6 is 11.8 Å². The number of thioether (sulfide) groups is 1. The summed E-state index contributed by atoms with van der Waals surface area (Å²) < 4.78 is 5.30. The summed E-state index contributed by atoms with van der Waals surface area (Å²) in [5, 5.41) is -0.0294. The molecule has 3 nitrogen and oxygen atoms in total. The molecule has 1 aliphatic heterocycles. The summed E-state index contributed by atoms with van der Waals surface area (Å²) in [4.78, 5) is 19.4. The van der Waals surface area contributed by atoms with Crippen LogP contribution in [0, 0.1) is 5.92 Å². The van der Waals surface area contributed by atoms with Crippen LogP contribution < -0.4 is 4.74 Å². The highest BCUT2D eigenvalue weighted by molar-refractivity contribution is 7.99. The van der Waals surface area contributed by atoms with Gasteiger partial charge in [-0.05, 0) is 29.8 Å². The molecule has 0 saturated heterocycles. The Morgan fingerprint density at radius 1 is 0.889 bits per heavy atom. The number of fused-ring (bicyclic) bond motifs is 4. The van der Waals surface area contributed by atoms with Gasteiger partial charge < -0.3 is 4.74 Å². The molecule has 0 radical (unpaired) electrons. The molecule has 3 aromatic carbocycles. The topological polar surface area (TPSA) is 38.7 Å². The SMILES string of the molecule is COc1ccc([C@H]2Sc3ccccc3N=C3c4ccccc4C(=O)[C@H]32)cc1. The summed E-state index contributed by atoms with van der Waals surface area (Å²) >= 11 is 1.72. The summed E-state index contributed by atoms with van der Waals surface area (Å²) in [5.74, 6) is 0.686. The van der Waals surface area contributed by atoms with Crippen LogP contribution in [0.3, 0.4) is 0 Å². The lowest BCUT2D eigenvalue weighted by Gasteiger charge is -2.21. The molecule has 3 aromatic rings. The standard InChI is InChI=1S/C23H17NO2S/c1-26-15-12-10-14(11-13-15)23-20-21(16-6-2-3-7-17(16)22(20)25)24-18-8-4-5-9-19(18)27-23/h2-13,20,23H,1H3/t20-,23+/m0/s1. The molecule has 27 heavy (non-hydrogen) atoms. The smallest absolute Gasteiger partial charge is 0.174 e. The summed E-state index contributed by atoms with van der Waals surface area (Å²) in [6.45, 7) is 0. The number of hydrogen-bond acceptors (Lipinski definition) is 4. The molecule has 0 bridgehead atoms. The van der Waals surface area contributed by atoms with Gasteiger partial charge in [-0.2, -0.15) is 0 Å². The Labute approximate surface area is 162 Å². The van der Waals surface area contributed by atoms with Crippen molar-refractivity contribution in [2.24, 2.45) is 10.9 Å². The van der Waals surface area contributed by atoms with Crippen molar-refractivity contribution in [2.75, 3.05) is 7.11 Å². The van der Waals surface area contributed by atoms with E-state index in [9.17, 15) is 4.79 Å². The van der Waals surface area contributed by atoms with Crippen molar-refractivity contribution >= 4 is 28.9 Å². The van der Waals surface area contributed by atoms with Crippen molar-refractivity contribution in [3.05, 3.63) is 89.5 Å². The van der Waals surface area contributed by atoms with Gasteiger partial charge in [0.1, 0.15) is 5.75 Å². The average Bonchev–Trinajstić information content (AvgIpc) is 2.88. The van der Waals surface area contributed by atoms with E-state index in [0.717, 1.165) is 38.7 Å². The van der Waals surface area contributed by atoms with E-state index in [1.165, 1.54) is 0 Å². The van der Waals surface area contributed by atoms with Gasteiger partial charge in [0.2, 0.25) is 0 Å². The highest BCUT2D eigenvalue weighted by Crippen LogP contribution is 2.51. The van der Waals surface area contributed by atoms with Gasteiger partial charge in [-0.15, -0.1) is 11.8 Å². The quantitative estimate of drug-likeness (QED) is 0.599. The van der Waals surface area contributed by atoms with Gasteiger partial charge in [0.25, 0.3) is 0 Å². The number of benzene rings is 3. The van der Waals surface area contributed by atoms with Gasteiger partial charge in [0.15, 0.2) is 5.78 Å². The predicted molar refractivity (Wildman–Crippen MR) is 108 cm³/mol. The minimum atomic E-state index is -0.284. The number of hydrogen-bond donors (Lipinski definition) is 0. The first-order valence-electron chi connectivity index (χ1n) is 8.88. The van der Waals surface area contributed by atoms with Crippen LogP contribution in [0.1, 0.15) is 26.7 Å². The second-order valence-corrected chi connectivity index (χ2v) is 7.85. The number of methoxy groups -OCH3 is 1. The highest BCUT2D eigenvalue weighted by Gasteiger charge is 2.44. The Hall–Kier alpha value is -2.85. The molecule has 2 atom stereocenters. The molecule has 1 heterocycles. The molecule has 5 rings (SSSR count). The van der Waals surface area contributed by atoms with Crippen molar-refractivity contribution in [1.29, 1.82) is 0 Å². The molecule has 132 valence electrons. The van der Waals surface area contributed by atoms with E-state index in [0.29, 0.717) is 0 Å². The fourth-order valence-electron chi connectivity index (χ4n) is 3.83. The maximum Gasteiger partial charge on any atom is 0.174 e. The monoisotopic (exact) mass is 371 g/mol. The third-order valence-corrected chi connectivity index (χ3v) is 6.55. The van der Waals surface area contributed by atoms with E-state index in [2.05, 4.69) is 18.2 Å². The van der Waals surface area contributed by atoms with Crippen molar-refractivity contribution in [1.82, 2.24) is 0 Å². The zero-order valence-electron chi connectivity index (χ0n) is 14.8. The fraction of sp³-hybridized carbons (Fsp3) is 0.130. The molecule has 0 fully saturated rings. The molecule has 0 N–H and O–H groups in total. The number of para-hydroxylation sites is 1. The van der Waals surface area contributed by atoms with Gasteiger partial charge in [0, 0.05) is 16.0 Å². The molecule has 0 spiro atoms. The van der Waals surface area contributed by atoms with Gasteiger partial charge >= 0.3 is 0 Å². The van der Waals surface area contributed by atoms with Crippen molar-refractivity contribution in [3.63, 3.8) is 0 Å². The van der Waals surface area contributed by atoms with E-state index < -0.39 is 0 Å². The zero-order valence-corrected chi connectivity index (χ0v) is 15.6. The van der Waals surface area contributed by atoms with Crippen LogP contribution in [0.4, 0.5) is 5.69 Å². The molecule has 0 unspecified atom stereocenters. The average molecular weight is 371 g/mol. The Morgan fingerprint density at radius 2 is 1.59 bits per heavy atom. The van der Waals surface area contributed by atoms with Crippen LogP contribution in [0.5, 0.6) is 5.75 Å². The van der Waals surface area contributed by atoms with Crippen LogP contribution in [0.25, 0.3) is 0 Å². The number of carbonyl (C=O) groups is 1. The first-order valence-corrected chi connectivity index (χ1v) is 9.76. The van der Waals surface area contributed by atoms with E-state index in [1.54, 1.807) is 18.9 Å². The zero-order chi connectivity index (χ0) is 18.4. The van der Waals surface area contributed by atoms with Crippen molar-refractivity contribution in [2.45, 2.75) is 10.1 Å². The summed E-state index contributed by atoms with van der Waals surface area (Å²) in [6, 6.07) is 24.0. The maximum absolute atomic E-state index is 13.3. The number of carbonyl (C=O) groups excluding carboxylic acids is 1. The highest BCUT2D eigenvalue weighted by atomic mass is 32.2. The minimum Gasteiger partial charge on any atom is -0.497 e.